The molecule has 0 fully saturated rings. The fraction of sp³-hybridized carbons (Fsp3) is 0.222. The number of benzene rings is 2. The maximum atomic E-state index is 13.5. The number of nitrogens with zero attached hydrogens (tertiary/aromatic N) is 2. The van der Waals surface area contributed by atoms with Gasteiger partial charge in [0.15, 0.2) is 0 Å². The summed E-state index contributed by atoms with van der Waals surface area (Å²) in [4.78, 5) is 0. The van der Waals surface area contributed by atoms with Gasteiger partial charge in [-0.1, -0.05) is 30.3 Å². The number of aromatic nitrogens is 2. The number of halogens is 1. The van der Waals surface area contributed by atoms with Gasteiger partial charge in [0.1, 0.15) is 11.6 Å². The first-order chi connectivity index (χ1) is 11.8. The smallest absolute Gasteiger partial charge is 0.251 e. The van der Waals surface area contributed by atoms with Crippen molar-refractivity contribution in [3.63, 3.8) is 0 Å². The fourth-order valence-corrected chi connectivity index (χ4v) is 2.37. The molecule has 0 atom stereocenters. The Morgan fingerprint density at radius 3 is 2.71 bits per heavy atom. The molecule has 0 aliphatic heterocycles. The predicted octanol–water partition coefficient (Wildman–Crippen LogP) is 3.22. The zero-order valence-corrected chi connectivity index (χ0v) is 13.3. The van der Waals surface area contributed by atoms with Crippen molar-refractivity contribution in [3.8, 4) is 17.2 Å². The lowest BCUT2D eigenvalue weighted by molar-refractivity contribution is 0.413. The average molecular weight is 327 g/mol. The average Bonchev–Trinajstić information content (AvgIpc) is 3.09. The largest absolute Gasteiger partial charge is 0.496 e. The Bertz CT molecular complexity index is 804. The van der Waals surface area contributed by atoms with Crippen molar-refractivity contribution in [2.75, 3.05) is 13.7 Å². The van der Waals surface area contributed by atoms with Gasteiger partial charge in [-0.25, -0.2) is 4.39 Å². The van der Waals surface area contributed by atoms with Crippen molar-refractivity contribution in [3.05, 3.63) is 65.8 Å². The molecule has 0 spiro atoms. The molecule has 24 heavy (non-hydrogen) atoms. The molecule has 3 aromatic rings. The molecule has 0 unspecified atom stereocenters. The lowest BCUT2D eigenvalue weighted by atomic mass is 10.1. The summed E-state index contributed by atoms with van der Waals surface area (Å²) in [5.41, 5.74) is 1.44. The zero-order chi connectivity index (χ0) is 16.8. The number of ether oxygens (including phenoxy) is 1. The van der Waals surface area contributed by atoms with Crippen LogP contribution in [0.2, 0.25) is 0 Å². The van der Waals surface area contributed by atoms with Gasteiger partial charge in [-0.05, 0) is 36.7 Å². The molecule has 0 bridgehead atoms. The van der Waals surface area contributed by atoms with Crippen molar-refractivity contribution >= 4 is 0 Å². The maximum absolute atomic E-state index is 13.5. The number of nitrogens with one attached hydrogen (secondary N) is 1. The SMILES string of the molecule is COc1ccccc1-c1nnc(CNCCc2ccccc2F)o1. The molecule has 0 amide bonds. The molecule has 5 nitrogen and oxygen atoms in total. The first-order valence-electron chi connectivity index (χ1n) is 7.68. The van der Waals surface area contributed by atoms with Crippen LogP contribution in [-0.4, -0.2) is 23.9 Å². The van der Waals surface area contributed by atoms with Gasteiger partial charge < -0.3 is 14.5 Å². The molecule has 1 N–H and O–H groups in total. The Balaban J connectivity index is 1.56. The van der Waals surface area contributed by atoms with Gasteiger partial charge in [-0.2, -0.15) is 0 Å². The maximum Gasteiger partial charge on any atom is 0.251 e. The van der Waals surface area contributed by atoms with E-state index in [-0.39, 0.29) is 5.82 Å². The fourth-order valence-electron chi connectivity index (χ4n) is 2.37. The molecule has 1 aromatic heterocycles. The van der Waals surface area contributed by atoms with Crippen molar-refractivity contribution in [2.45, 2.75) is 13.0 Å². The minimum Gasteiger partial charge on any atom is -0.496 e. The third-order valence-corrected chi connectivity index (χ3v) is 3.61. The van der Waals surface area contributed by atoms with Gasteiger partial charge in [-0.15, -0.1) is 10.2 Å². The summed E-state index contributed by atoms with van der Waals surface area (Å²) in [6.45, 7) is 1.05. The van der Waals surface area contributed by atoms with E-state index in [1.807, 2.05) is 30.3 Å². The summed E-state index contributed by atoms with van der Waals surface area (Å²) in [6, 6.07) is 14.2. The highest BCUT2D eigenvalue weighted by atomic mass is 19.1. The minimum atomic E-state index is -0.185. The third-order valence-electron chi connectivity index (χ3n) is 3.61. The van der Waals surface area contributed by atoms with E-state index < -0.39 is 0 Å². The summed E-state index contributed by atoms with van der Waals surface area (Å²) < 4.78 is 24.5. The lowest BCUT2D eigenvalue weighted by Crippen LogP contribution is -2.17. The molecular formula is C18H18FN3O2. The quantitative estimate of drug-likeness (QED) is 0.675. The monoisotopic (exact) mass is 327 g/mol. The molecular weight excluding hydrogens is 309 g/mol. The molecule has 6 heteroatoms. The normalized spacial score (nSPS) is 10.8. The Kier molecular flexibility index (Phi) is 5.18. The topological polar surface area (TPSA) is 60.2 Å². The predicted molar refractivity (Wildman–Crippen MR) is 88.1 cm³/mol. The van der Waals surface area contributed by atoms with E-state index >= 15 is 0 Å². The Hall–Kier alpha value is -2.73. The van der Waals surface area contributed by atoms with Crippen molar-refractivity contribution in [1.29, 1.82) is 0 Å². The second kappa shape index (κ2) is 7.70. The van der Waals surface area contributed by atoms with Crippen molar-refractivity contribution in [2.24, 2.45) is 0 Å². The van der Waals surface area contributed by atoms with Gasteiger partial charge in [0.25, 0.3) is 5.89 Å². The Morgan fingerprint density at radius 2 is 1.88 bits per heavy atom. The molecule has 124 valence electrons. The van der Waals surface area contributed by atoms with E-state index in [0.29, 0.717) is 42.6 Å². The van der Waals surface area contributed by atoms with E-state index in [2.05, 4.69) is 15.5 Å². The van der Waals surface area contributed by atoms with E-state index in [1.54, 1.807) is 19.2 Å². The van der Waals surface area contributed by atoms with Gasteiger partial charge in [0.05, 0.1) is 19.2 Å². The summed E-state index contributed by atoms with van der Waals surface area (Å²) in [6.07, 6.45) is 0.597. The number of rotatable bonds is 7. The zero-order valence-electron chi connectivity index (χ0n) is 13.3. The van der Waals surface area contributed by atoms with Crippen LogP contribution in [0, 0.1) is 5.82 Å². The molecule has 3 rings (SSSR count). The van der Waals surface area contributed by atoms with E-state index in [9.17, 15) is 4.39 Å². The number of methoxy groups -OCH3 is 1. The molecule has 2 aromatic carbocycles. The van der Waals surface area contributed by atoms with E-state index in [4.69, 9.17) is 9.15 Å². The molecule has 0 saturated heterocycles. The van der Waals surface area contributed by atoms with E-state index in [0.717, 1.165) is 5.56 Å². The molecule has 0 aliphatic rings. The first-order valence-corrected chi connectivity index (χ1v) is 7.68. The highest BCUT2D eigenvalue weighted by molar-refractivity contribution is 5.62. The number of para-hydroxylation sites is 1. The molecule has 0 saturated carbocycles. The van der Waals surface area contributed by atoms with Gasteiger partial charge in [0.2, 0.25) is 5.89 Å². The van der Waals surface area contributed by atoms with Crippen LogP contribution in [0.3, 0.4) is 0 Å². The van der Waals surface area contributed by atoms with Crippen molar-refractivity contribution < 1.29 is 13.5 Å². The van der Waals surface area contributed by atoms with Gasteiger partial charge in [-0.3, -0.25) is 0 Å². The summed E-state index contributed by atoms with van der Waals surface area (Å²) in [5.74, 6) is 1.39. The summed E-state index contributed by atoms with van der Waals surface area (Å²) in [7, 11) is 1.60. The van der Waals surface area contributed by atoms with Gasteiger partial charge in [0, 0.05) is 0 Å². The molecule has 1 heterocycles. The van der Waals surface area contributed by atoms with Crippen LogP contribution in [0.4, 0.5) is 4.39 Å². The van der Waals surface area contributed by atoms with Crippen LogP contribution in [0.1, 0.15) is 11.5 Å². The van der Waals surface area contributed by atoms with E-state index in [1.165, 1.54) is 6.07 Å². The second-order valence-electron chi connectivity index (χ2n) is 5.22. The van der Waals surface area contributed by atoms with Crippen LogP contribution >= 0.6 is 0 Å². The molecule has 0 aliphatic carbocycles. The number of hydrogen-bond acceptors (Lipinski definition) is 5. The number of hydrogen-bond donors (Lipinski definition) is 1. The standard InChI is InChI=1S/C18H18FN3O2/c1-23-16-9-5-3-7-14(16)18-22-21-17(24-18)12-20-11-10-13-6-2-4-8-15(13)19/h2-9,20H,10-12H2,1H3. The second-order valence-corrected chi connectivity index (χ2v) is 5.22. The highest BCUT2D eigenvalue weighted by Gasteiger charge is 2.12. The van der Waals surface area contributed by atoms with Gasteiger partial charge >= 0.3 is 0 Å². The minimum absolute atomic E-state index is 0.185. The van der Waals surface area contributed by atoms with Crippen LogP contribution in [0.15, 0.2) is 52.9 Å². The summed E-state index contributed by atoms with van der Waals surface area (Å²) in [5, 5.41) is 11.2. The lowest BCUT2D eigenvalue weighted by Gasteiger charge is -2.04. The van der Waals surface area contributed by atoms with Crippen LogP contribution in [0.25, 0.3) is 11.5 Å². The van der Waals surface area contributed by atoms with Crippen LogP contribution in [0.5, 0.6) is 5.75 Å². The third kappa shape index (κ3) is 3.78. The van der Waals surface area contributed by atoms with Crippen LogP contribution < -0.4 is 10.1 Å². The Labute approximate surface area is 139 Å². The Morgan fingerprint density at radius 1 is 1.08 bits per heavy atom. The first kappa shape index (κ1) is 16.1. The van der Waals surface area contributed by atoms with Crippen LogP contribution in [-0.2, 0) is 13.0 Å². The molecule has 0 radical (unpaired) electrons. The highest BCUT2D eigenvalue weighted by Crippen LogP contribution is 2.28. The van der Waals surface area contributed by atoms with Crippen molar-refractivity contribution in [1.82, 2.24) is 15.5 Å². The summed E-state index contributed by atoms with van der Waals surface area (Å²) >= 11 is 0.